The molecule has 32 heavy (non-hydrogen) atoms. The van der Waals surface area contributed by atoms with Gasteiger partial charge in [-0.2, -0.15) is 13.2 Å². The second-order valence-electron chi connectivity index (χ2n) is 8.46. The van der Waals surface area contributed by atoms with E-state index in [1.54, 1.807) is 4.90 Å². The van der Waals surface area contributed by atoms with E-state index < -0.39 is 11.7 Å². The number of hydrogen-bond acceptors (Lipinski definition) is 3. The number of hydrogen-bond donors (Lipinski definition) is 1. The first kappa shape index (κ1) is 22.5. The van der Waals surface area contributed by atoms with Crippen LogP contribution in [0.3, 0.4) is 0 Å². The van der Waals surface area contributed by atoms with Crippen molar-refractivity contribution in [3.8, 4) is 0 Å². The highest BCUT2D eigenvalue weighted by Crippen LogP contribution is 2.36. The standard InChI is InChI=1S/C24H29F3N4O/c25-24(26,27)20-9-10-22(30-12-4-5-13-30)21(17-20)28-23(32)31-14-6-11-29(15-16-31)18-19-7-2-1-3-8-19/h1-3,7-10,17H,4-6,11-16,18H2,(H,28,32). The number of anilines is 2. The number of benzene rings is 2. The van der Waals surface area contributed by atoms with Crippen molar-refractivity contribution in [2.75, 3.05) is 49.5 Å². The van der Waals surface area contributed by atoms with Crippen LogP contribution in [-0.2, 0) is 12.7 Å². The number of halogens is 3. The lowest BCUT2D eigenvalue weighted by molar-refractivity contribution is -0.137. The number of alkyl halides is 3. The van der Waals surface area contributed by atoms with Gasteiger partial charge >= 0.3 is 12.2 Å². The van der Waals surface area contributed by atoms with E-state index >= 15 is 0 Å². The van der Waals surface area contributed by atoms with E-state index in [1.807, 2.05) is 23.1 Å². The lowest BCUT2D eigenvalue weighted by Gasteiger charge is -2.26. The fraction of sp³-hybridized carbons (Fsp3) is 0.458. The Morgan fingerprint density at radius 3 is 2.34 bits per heavy atom. The second-order valence-corrected chi connectivity index (χ2v) is 8.46. The topological polar surface area (TPSA) is 38.8 Å². The highest BCUT2D eigenvalue weighted by molar-refractivity contribution is 5.93. The van der Waals surface area contributed by atoms with Gasteiger partial charge in [0, 0.05) is 45.8 Å². The van der Waals surface area contributed by atoms with Gasteiger partial charge in [0.1, 0.15) is 0 Å². The van der Waals surface area contributed by atoms with Crippen molar-refractivity contribution in [3.63, 3.8) is 0 Å². The molecule has 0 atom stereocenters. The third-order valence-electron chi connectivity index (χ3n) is 6.14. The number of amides is 2. The van der Waals surface area contributed by atoms with E-state index in [0.717, 1.165) is 64.1 Å². The molecule has 0 saturated carbocycles. The van der Waals surface area contributed by atoms with Crippen LogP contribution in [0.1, 0.15) is 30.4 Å². The molecule has 4 rings (SSSR count). The average Bonchev–Trinajstić information content (AvgIpc) is 3.20. The first-order valence-corrected chi connectivity index (χ1v) is 11.2. The molecule has 172 valence electrons. The number of carbonyl (C=O) groups is 1. The number of rotatable bonds is 4. The Kier molecular flexibility index (Phi) is 6.89. The van der Waals surface area contributed by atoms with Crippen LogP contribution >= 0.6 is 0 Å². The summed E-state index contributed by atoms with van der Waals surface area (Å²) in [5.74, 6) is 0. The molecule has 1 N–H and O–H groups in total. The molecule has 2 aliphatic heterocycles. The molecule has 0 radical (unpaired) electrons. The highest BCUT2D eigenvalue weighted by Gasteiger charge is 2.32. The summed E-state index contributed by atoms with van der Waals surface area (Å²) in [7, 11) is 0. The predicted octanol–water partition coefficient (Wildman–Crippen LogP) is 5.05. The van der Waals surface area contributed by atoms with Crippen LogP contribution in [0, 0.1) is 0 Å². The van der Waals surface area contributed by atoms with Crippen LogP contribution in [0.5, 0.6) is 0 Å². The first-order valence-electron chi connectivity index (χ1n) is 11.2. The van der Waals surface area contributed by atoms with Crippen molar-refractivity contribution in [2.24, 2.45) is 0 Å². The highest BCUT2D eigenvalue weighted by atomic mass is 19.4. The van der Waals surface area contributed by atoms with Crippen LogP contribution in [0.4, 0.5) is 29.3 Å². The Balaban J connectivity index is 1.44. The van der Waals surface area contributed by atoms with Crippen molar-refractivity contribution in [1.29, 1.82) is 0 Å². The fourth-order valence-corrected chi connectivity index (χ4v) is 4.41. The van der Waals surface area contributed by atoms with Crippen LogP contribution in [0.2, 0.25) is 0 Å². The third kappa shape index (κ3) is 5.54. The van der Waals surface area contributed by atoms with Crippen molar-refractivity contribution >= 4 is 17.4 Å². The van der Waals surface area contributed by atoms with Gasteiger partial charge in [-0.3, -0.25) is 4.90 Å². The van der Waals surface area contributed by atoms with Gasteiger partial charge in [0.15, 0.2) is 0 Å². The Morgan fingerprint density at radius 2 is 1.62 bits per heavy atom. The zero-order valence-electron chi connectivity index (χ0n) is 18.1. The van der Waals surface area contributed by atoms with Gasteiger partial charge in [-0.1, -0.05) is 30.3 Å². The fourth-order valence-electron chi connectivity index (χ4n) is 4.41. The summed E-state index contributed by atoms with van der Waals surface area (Å²) in [5, 5.41) is 2.79. The molecule has 2 aromatic rings. The lowest BCUT2D eigenvalue weighted by atomic mass is 10.1. The smallest absolute Gasteiger partial charge is 0.370 e. The molecule has 2 saturated heterocycles. The van der Waals surface area contributed by atoms with Gasteiger partial charge in [0.05, 0.1) is 16.9 Å². The summed E-state index contributed by atoms with van der Waals surface area (Å²) in [6, 6.07) is 13.5. The number of nitrogens with zero attached hydrogens (tertiary/aromatic N) is 3. The van der Waals surface area contributed by atoms with E-state index in [0.29, 0.717) is 18.8 Å². The molecule has 2 fully saturated rings. The Hall–Kier alpha value is -2.74. The Labute approximate surface area is 186 Å². The van der Waals surface area contributed by atoms with Crippen molar-refractivity contribution in [1.82, 2.24) is 9.80 Å². The van der Waals surface area contributed by atoms with Gasteiger partial charge in [0.2, 0.25) is 0 Å². The molecule has 8 heteroatoms. The summed E-state index contributed by atoms with van der Waals surface area (Å²) in [5.41, 5.74) is 1.37. The lowest BCUT2D eigenvalue weighted by Crippen LogP contribution is -2.38. The molecule has 2 heterocycles. The monoisotopic (exact) mass is 446 g/mol. The maximum atomic E-state index is 13.3. The van der Waals surface area contributed by atoms with E-state index in [4.69, 9.17) is 0 Å². The molecule has 0 spiro atoms. The molecule has 2 aromatic carbocycles. The van der Waals surface area contributed by atoms with Crippen molar-refractivity contribution in [2.45, 2.75) is 32.0 Å². The van der Waals surface area contributed by atoms with E-state index in [9.17, 15) is 18.0 Å². The van der Waals surface area contributed by atoms with Crippen LogP contribution in [-0.4, -0.2) is 55.1 Å². The molecular formula is C24H29F3N4O. The van der Waals surface area contributed by atoms with Crippen LogP contribution < -0.4 is 10.2 Å². The van der Waals surface area contributed by atoms with Crippen LogP contribution in [0.25, 0.3) is 0 Å². The number of nitrogens with one attached hydrogen (secondary N) is 1. The van der Waals surface area contributed by atoms with Crippen molar-refractivity contribution < 1.29 is 18.0 Å². The van der Waals surface area contributed by atoms with E-state index in [2.05, 4.69) is 22.3 Å². The molecule has 5 nitrogen and oxygen atoms in total. The van der Waals surface area contributed by atoms with Gasteiger partial charge in [0.25, 0.3) is 0 Å². The number of carbonyl (C=O) groups excluding carboxylic acids is 1. The minimum atomic E-state index is -4.45. The molecule has 0 aromatic heterocycles. The third-order valence-corrected chi connectivity index (χ3v) is 6.14. The van der Waals surface area contributed by atoms with Gasteiger partial charge in [-0.15, -0.1) is 0 Å². The molecule has 2 amide bonds. The van der Waals surface area contributed by atoms with Crippen LogP contribution in [0.15, 0.2) is 48.5 Å². The largest absolute Gasteiger partial charge is 0.416 e. The maximum absolute atomic E-state index is 13.3. The maximum Gasteiger partial charge on any atom is 0.416 e. The zero-order valence-corrected chi connectivity index (χ0v) is 18.1. The first-order chi connectivity index (χ1) is 15.4. The molecular weight excluding hydrogens is 417 g/mol. The minimum absolute atomic E-state index is 0.233. The van der Waals surface area contributed by atoms with Gasteiger partial charge in [-0.25, -0.2) is 4.79 Å². The SMILES string of the molecule is O=C(Nc1cc(C(F)(F)F)ccc1N1CCCC1)N1CCCN(Cc2ccccc2)CC1. The number of urea groups is 1. The Bertz CT molecular complexity index is 913. The second kappa shape index (κ2) is 9.81. The van der Waals surface area contributed by atoms with E-state index in [-0.39, 0.29) is 11.7 Å². The summed E-state index contributed by atoms with van der Waals surface area (Å²) in [4.78, 5) is 19.1. The summed E-state index contributed by atoms with van der Waals surface area (Å²) in [6.07, 6.45) is -1.64. The quantitative estimate of drug-likeness (QED) is 0.715. The molecule has 0 aliphatic carbocycles. The zero-order chi connectivity index (χ0) is 22.6. The summed E-state index contributed by atoms with van der Waals surface area (Å²) < 4.78 is 39.9. The minimum Gasteiger partial charge on any atom is -0.370 e. The summed E-state index contributed by atoms with van der Waals surface area (Å²) >= 11 is 0. The van der Waals surface area contributed by atoms with E-state index in [1.165, 1.54) is 11.6 Å². The molecule has 0 bridgehead atoms. The summed E-state index contributed by atoms with van der Waals surface area (Å²) in [6.45, 7) is 5.11. The molecule has 2 aliphatic rings. The molecule has 0 unspecified atom stereocenters. The van der Waals surface area contributed by atoms with Crippen molar-refractivity contribution in [3.05, 3.63) is 59.7 Å². The Morgan fingerprint density at radius 1 is 0.875 bits per heavy atom. The van der Waals surface area contributed by atoms with Gasteiger partial charge < -0.3 is 15.1 Å². The average molecular weight is 447 g/mol. The predicted molar refractivity (Wildman–Crippen MR) is 120 cm³/mol. The normalized spacial score (nSPS) is 18.0. The van der Waals surface area contributed by atoms with Gasteiger partial charge in [-0.05, 0) is 43.0 Å².